The monoisotopic (exact) mass is 280 g/mol. The Labute approximate surface area is 100 Å². The third-order valence-electron chi connectivity index (χ3n) is 2.35. The topological polar surface area (TPSA) is 52.0 Å². The van der Waals surface area contributed by atoms with Gasteiger partial charge in [-0.05, 0) is 18.2 Å². The molecule has 0 aliphatic rings. The van der Waals surface area contributed by atoms with E-state index in [-0.39, 0.29) is 17.2 Å². The van der Waals surface area contributed by atoms with Crippen molar-refractivity contribution in [1.29, 1.82) is 0 Å². The number of fused-ring (bicyclic) bond motifs is 1. The van der Waals surface area contributed by atoms with Crippen LogP contribution in [0.25, 0.3) is 10.9 Å². The number of carbonyl (C=O) groups excluding carboxylic acids is 1. The molecule has 5 heteroatoms. The zero-order valence-electron chi connectivity index (χ0n) is 8.82. The first-order valence-electron chi connectivity index (χ1n) is 4.68. The number of hydrogen-bond donors (Lipinski definition) is 0. The highest BCUT2D eigenvalue weighted by Crippen LogP contribution is 2.15. The van der Waals surface area contributed by atoms with Gasteiger partial charge in [0, 0.05) is 18.4 Å². The summed E-state index contributed by atoms with van der Waals surface area (Å²) in [6.07, 6.45) is 0. The number of carbonyl (C=O) groups is 1. The van der Waals surface area contributed by atoms with Gasteiger partial charge in [0.1, 0.15) is 0 Å². The molecule has 0 fully saturated rings. The van der Waals surface area contributed by atoms with Gasteiger partial charge in [-0.1, -0.05) is 15.9 Å². The second-order valence-corrected chi connectivity index (χ2v) is 4.43. The summed E-state index contributed by atoms with van der Waals surface area (Å²) >= 11 is 3.30. The van der Waals surface area contributed by atoms with Crippen LogP contribution >= 0.6 is 15.9 Å². The Bertz CT molecular complexity index is 646. The van der Waals surface area contributed by atoms with E-state index in [1.807, 2.05) is 0 Å². The first-order valence-corrected chi connectivity index (χ1v) is 5.47. The molecule has 0 saturated heterocycles. The van der Waals surface area contributed by atoms with E-state index in [0.29, 0.717) is 10.9 Å². The number of Topliss-reactive ketones (excluding diaryl/α,β-unsaturated/α-hetero) is 1. The summed E-state index contributed by atoms with van der Waals surface area (Å²) < 4.78 is 2.11. The van der Waals surface area contributed by atoms with Crippen molar-refractivity contribution < 1.29 is 4.79 Å². The van der Waals surface area contributed by atoms with Gasteiger partial charge in [0.05, 0.1) is 10.9 Å². The van der Waals surface area contributed by atoms with Crippen LogP contribution in [0.5, 0.6) is 0 Å². The van der Waals surface area contributed by atoms with E-state index in [0.717, 1.165) is 4.47 Å². The van der Waals surface area contributed by atoms with Crippen molar-refractivity contribution >= 4 is 32.6 Å². The molecule has 0 aliphatic carbocycles. The van der Waals surface area contributed by atoms with Crippen LogP contribution in [-0.2, 0) is 7.05 Å². The minimum absolute atomic E-state index is 0.176. The lowest BCUT2D eigenvalue weighted by Crippen LogP contribution is -2.24. The van der Waals surface area contributed by atoms with Crippen molar-refractivity contribution in [2.75, 3.05) is 0 Å². The molecular formula is C11H9BrN2O2. The first-order chi connectivity index (χ1) is 7.50. The predicted octanol–water partition coefficient (Wildman–Crippen LogP) is 1.90. The molecule has 1 heterocycles. The van der Waals surface area contributed by atoms with E-state index < -0.39 is 0 Å². The number of halogens is 1. The fourth-order valence-electron chi connectivity index (χ4n) is 1.56. The van der Waals surface area contributed by atoms with Crippen LogP contribution in [0.3, 0.4) is 0 Å². The smallest absolute Gasteiger partial charge is 0.261 e. The molecule has 1 aromatic carbocycles. The molecule has 0 saturated carbocycles. The van der Waals surface area contributed by atoms with Crippen LogP contribution in [0.15, 0.2) is 27.5 Å². The minimum atomic E-state index is -0.221. The zero-order valence-corrected chi connectivity index (χ0v) is 10.4. The summed E-state index contributed by atoms with van der Waals surface area (Å²) in [7, 11) is 1.55. The van der Waals surface area contributed by atoms with Crippen LogP contribution in [-0.4, -0.2) is 15.3 Å². The number of aromatic nitrogens is 2. The Hall–Kier alpha value is -1.49. The van der Waals surface area contributed by atoms with E-state index in [1.165, 1.54) is 11.5 Å². The molecule has 0 radical (unpaired) electrons. The van der Waals surface area contributed by atoms with E-state index in [1.54, 1.807) is 25.2 Å². The number of rotatable bonds is 1. The van der Waals surface area contributed by atoms with Crippen molar-refractivity contribution in [3.63, 3.8) is 0 Å². The Morgan fingerprint density at radius 3 is 2.75 bits per heavy atom. The lowest BCUT2D eigenvalue weighted by atomic mass is 10.2. The average Bonchev–Trinajstić information content (AvgIpc) is 2.22. The number of nitrogens with zero attached hydrogens (tertiary/aromatic N) is 2. The van der Waals surface area contributed by atoms with Crippen molar-refractivity contribution in [1.82, 2.24) is 9.55 Å². The summed E-state index contributed by atoms with van der Waals surface area (Å²) in [5.41, 5.74) is 0.324. The standard InChI is InChI=1S/C11H9BrN2O2/c1-6(15)10-13-9-5-7(12)3-4-8(9)11(16)14(10)2/h3-5H,1-2H3. The summed E-state index contributed by atoms with van der Waals surface area (Å²) in [6, 6.07) is 5.20. The third-order valence-corrected chi connectivity index (χ3v) is 2.85. The molecule has 2 rings (SSSR count). The predicted molar refractivity (Wildman–Crippen MR) is 64.7 cm³/mol. The SMILES string of the molecule is CC(=O)c1nc2cc(Br)ccc2c(=O)n1C. The van der Waals surface area contributed by atoms with Crippen LogP contribution < -0.4 is 5.56 Å². The summed E-state index contributed by atoms with van der Waals surface area (Å²) in [5.74, 6) is -0.0444. The van der Waals surface area contributed by atoms with Gasteiger partial charge in [0.2, 0.25) is 0 Å². The van der Waals surface area contributed by atoms with Crippen LogP contribution in [0.4, 0.5) is 0 Å². The lowest BCUT2D eigenvalue weighted by molar-refractivity contribution is 0.0999. The molecule has 0 spiro atoms. The summed E-state index contributed by atoms with van der Waals surface area (Å²) in [4.78, 5) is 27.4. The van der Waals surface area contributed by atoms with E-state index in [4.69, 9.17) is 0 Å². The average molecular weight is 281 g/mol. The second kappa shape index (κ2) is 3.83. The van der Waals surface area contributed by atoms with Crippen molar-refractivity contribution in [2.24, 2.45) is 7.05 Å². The van der Waals surface area contributed by atoms with Crippen LogP contribution in [0, 0.1) is 0 Å². The maximum Gasteiger partial charge on any atom is 0.261 e. The Balaban J connectivity index is 2.94. The zero-order chi connectivity index (χ0) is 11.9. The number of hydrogen-bond acceptors (Lipinski definition) is 3. The minimum Gasteiger partial charge on any atom is -0.293 e. The van der Waals surface area contributed by atoms with Gasteiger partial charge in [-0.15, -0.1) is 0 Å². The Morgan fingerprint density at radius 1 is 1.44 bits per heavy atom. The highest BCUT2D eigenvalue weighted by atomic mass is 79.9. The fraction of sp³-hybridized carbons (Fsp3) is 0.182. The fourth-order valence-corrected chi connectivity index (χ4v) is 1.91. The molecule has 16 heavy (non-hydrogen) atoms. The van der Waals surface area contributed by atoms with Gasteiger partial charge in [0.15, 0.2) is 11.6 Å². The van der Waals surface area contributed by atoms with Crippen molar-refractivity contribution in [3.8, 4) is 0 Å². The van der Waals surface area contributed by atoms with E-state index >= 15 is 0 Å². The highest BCUT2D eigenvalue weighted by molar-refractivity contribution is 9.10. The molecular weight excluding hydrogens is 272 g/mol. The van der Waals surface area contributed by atoms with Crippen LogP contribution in [0.2, 0.25) is 0 Å². The molecule has 0 N–H and O–H groups in total. The maximum absolute atomic E-state index is 11.9. The quantitative estimate of drug-likeness (QED) is 0.750. The number of benzene rings is 1. The summed E-state index contributed by atoms with van der Waals surface area (Å²) in [6.45, 7) is 1.39. The van der Waals surface area contributed by atoms with Gasteiger partial charge in [-0.25, -0.2) is 4.98 Å². The second-order valence-electron chi connectivity index (χ2n) is 3.52. The van der Waals surface area contributed by atoms with Gasteiger partial charge < -0.3 is 0 Å². The molecule has 0 bridgehead atoms. The molecule has 0 unspecified atom stereocenters. The molecule has 0 amide bonds. The van der Waals surface area contributed by atoms with Gasteiger partial charge in [-0.2, -0.15) is 0 Å². The molecule has 4 nitrogen and oxygen atoms in total. The largest absolute Gasteiger partial charge is 0.293 e. The van der Waals surface area contributed by atoms with Crippen molar-refractivity contribution in [3.05, 3.63) is 38.9 Å². The van der Waals surface area contributed by atoms with E-state index in [9.17, 15) is 9.59 Å². The Morgan fingerprint density at radius 2 is 2.12 bits per heavy atom. The van der Waals surface area contributed by atoms with E-state index in [2.05, 4.69) is 20.9 Å². The third kappa shape index (κ3) is 1.67. The lowest BCUT2D eigenvalue weighted by Gasteiger charge is -2.06. The Kier molecular flexibility index (Phi) is 2.63. The molecule has 82 valence electrons. The van der Waals surface area contributed by atoms with Gasteiger partial charge in [0.25, 0.3) is 5.56 Å². The maximum atomic E-state index is 11.9. The van der Waals surface area contributed by atoms with Crippen LogP contribution in [0.1, 0.15) is 17.5 Å². The summed E-state index contributed by atoms with van der Waals surface area (Å²) in [5, 5.41) is 0.510. The normalized spacial score (nSPS) is 10.7. The first kappa shape index (κ1) is 11.0. The molecule has 2 aromatic rings. The molecule has 0 atom stereocenters. The van der Waals surface area contributed by atoms with Crippen molar-refractivity contribution in [2.45, 2.75) is 6.92 Å². The number of ketones is 1. The van der Waals surface area contributed by atoms with Gasteiger partial charge >= 0.3 is 0 Å². The molecule has 1 aromatic heterocycles. The van der Waals surface area contributed by atoms with Gasteiger partial charge in [-0.3, -0.25) is 14.2 Å². The highest BCUT2D eigenvalue weighted by Gasteiger charge is 2.11. The molecule has 0 aliphatic heterocycles.